The summed E-state index contributed by atoms with van der Waals surface area (Å²) in [6.07, 6.45) is 2.47. The lowest BCUT2D eigenvalue weighted by molar-refractivity contribution is 0.395. The first-order valence-corrected chi connectivity index (χ1v) is 5.05. The van der Waals surface area contributed by atoms with E-state index in [9.17, 15) is 0 Å². The molecule has 0 amide bonds. The maximum absolute atomic E-state index is 5.16. The number of ether oxygens (including phenoxy) is 1. The Labute approximate surface area is 84.5 Å². The van der Waals surface area contributed by atoms with Crippen molar-refractivity contribution < 1.29 is 4.74 Å². The zero-order chi connectivity index (χ0) is 9.97. The van der Waals surface area contributed by atoms with E-state index in [4.69, 9.17) is 4.74 Å². The van der Waals surface area contributed by atoms with E-state index in [1.54, 1.807) is 7.11 Å². The average Bonchev–Trinajstić information content (AvgIpc) is 2.69. The van der Waals surface area contributed by atoms with Crippen LogP contribution in [0.4, 0.5) is 0 Å². The van der Waals surface area contributed by atoms with Gasteiger partial charge in [-0.3, -0.25) is 0 Å². The molecule has 0 radical (unpaired) electrons. The molecule has 3 heteroatoms. The van der Waals surface area contributed by atoms with E-state index >= 15 is 0 Å². The van der Waals surface area contributed by atoms with E-state index in [0.29, 0.717) is 11.9 Å². The lowest BCUT2D eigenvalue weighted by Gasteiger charge is -2.12. The van der Waals surface area contributed by atoms with Gasteiger partial charge in [-0.05, 0) is 37.9 Å². The summed E-state index contributed by atoms with van der Waals surface area (Å²) in [6.45, 7) is 3.12. The van der Waals surface area contributed by atoms with Gasteiger partial charge in [-0.1, -0.05) is 0 Å². The summed E-state index contributed by atoms with van der Waals surface area (Å²) in [4.78, 5) is 4.27. The van der Waals surface area contributed by atoms with E-state index in [1.165, 1.54) is 18.4 Å². The fourth-order valence-electron chi connectivity index (χ4n) is 1.94. The normalized spacial score (nSPS) is 21.1. The first-order chi connectivity index (χ1) is 6.79. The summed E-state index contributed by atoms with van der Waals surface area (Å²) >= 11 is 0. The Morgan fingerprint density at radius 3 is 3.00 bits per heavy atom. The van der Waals surface area contributed by atoms with Crippen LogP contribution in [-0.2, 0) is 0 Å². The summed E-state index contributed by atoms with van der Waals surface area (Å²) in [5.41, 5.74) is 2.32. The van der Waals surface area contributed by atoms with Crippen LogP contribution in [0.3, 0.4) is 0 Å². The molecule has 1 saturated heterocycles. The molecule has 1 aromatic heterocycles. The highest BCUT2D eigenvalue weighted by Gasteiger charge is 2.17. The summed E-state index contributed by atoms with van der Waals surface area (Å²) in [6, 6.07) is 4.65. The molecule has 2 heterocycles. The number of methoxy groups -OCH3 is 1. The first-order valence-electron chi connectivity index (χ1n) is 5.05. The lowest BCUT2D eigenvalue weighted by Crippen LogP contribution is -2.13. The van der Waals surface area contributed by atoms with Crippen molar-refractivity contribution in [1.29, 1.82) is 0 Å². The zero-order valence-corrected chi connectivity index (χ0v) is 8.71. The molecule has 0 aromatic carbocycles. The predicted octanol–water partition coefficient (Wildman–Crippen LogP) is 1.82. The standard InChI is InChI=1S/C11H16N2O/c1-8-6-9(7-11(13-8)14-2)10-4-3-5-12-10/h6-7,10,12H,3-5H2,1-2H3. The molecule has 1 fully saturated rings. The van der Waals surface area contributed by atoms with E-state index in [0.717, 1.165) is 12.2 Å². The van der Waals surface area contributed by atoms with Gasteiger partial charge in [-0.15, -0.1) is 0 Å². The molecule has 2 rings (SSSR count). The number of aryl methyl sites for hydroxylation is 1. The van der Waals surface area contributed by atoms with Gasteiger partial charge in [0.25, 0.3) is 0 Å². The molecule has 1 unspecified atom stereocenters. The molecule has 1 atom stereocenters. The number of pyridine rings is 1. The Hall–Kier alpha value is -1.09. The van der Waals surface area contributed by atoms with Crippen LogP contribution in [0.1, 0.15) is 30.1 Å². The van der Waals surface area contributed by atoms with Crippen LogP contribution in [0.2, 0.25) is 0 Å². The van der Waals surface area contributed by atoms with Crippen molar-refractivity contribution in [2.24, 2.45) is 0 Å². The van der Waals surface area contributed by atoms with Gasteiger partial charge in [0.15, 0.2) is 0 Å². The minimum Gasteiger partial charge on any atom is -0.481 e. The van der Waals surface area contributed by atoms with Crippen LogP contribution in [0.15, 0.2) is 12.1 Å². The predicted molar refractivity (Wildman–Crippen MR) is 55.5 cm³/mol. The third-order valence-corrected chi connectivity index (χ3v) is 2.62. The highest BCUT2D eigenvalue weighted by atomic mass is 16.5. The Morgan fingerprint density at radius 1 is 1.50 bits per heavy atom. The summed E-state index contributed by atoms with van der Waals surface area (Å²) in [5.74, 6) is 0.716. The summed E-state index contributed by atoms with van der Waals surface area (Å²) in [5, 5.41) is 3.47. The SMILES string of the molecule is COc1cc(C2CCCN2)cc(C)n1. The van der Waals surface area contributed by atoms with Gasteiger partial charge in [0, 0.05) is 17.8 Å². The Balaban J connectivity index is 2.27. The molecule has 1 aliphatic heterocycles. The van der Waals surface area contributed by atoms with E-state index < -0.39 is 0 Å². The van der Waals surface area contributed by atoms with E-state index in [-0.39, 0.29) is 0 Å². The van der Waals surface area contributed by atoms with Crippen LogP contribution in [0, 0.1) is 6.92 Å². The lowest BCUT2D eigenvalue weighted by atomic mass is 10.1. The second kappa shape index (κ2) is 3.96. The third-order valence-electron chi connectivity index (χ3n) is 2.62. The molecular formula is C11H16N2O. The smallest absolute Gasteiger partial charge is 0.213 e. The molecule has 0 saturated carbocycles. The summed E-state index contributed by atoms with van der Waals surface area (Å²) in [7, 11) is 1.66. The topological polar surface area (TPSA) is 34.1 Å². The Morgan fingerprint density at radius 2 is 2.36 bits per heavy atom. The van der Waals surface area contributed by atoms with Crippen molar-refractivity contribution in [3.05, 3.63) is 23.4 Å². The highest BCUT2D eigenvalue weighted by Crippen LogP contribution is 2.25. The number of hydrogen-bond acceptors (Lipinski definition) is 3. The maximum atomic E-state index is 5.16. The first kappa shape index (κ1) is 9.46. The average molecular weight is 192 g/mol. The Bertz CT molecular complexity index is 319. The van der Waals surface area contributed by atoms with Crippen molar-refractivity contribution in [2.45, 2.75) is 25.8 Å². The largest absolute Gasteiger partial charge is 0.481 e. The molecule has 14 heavy (non-hydrogen) atoms. The van der Waals surface area contributed by atoms with Crippen LogP contribution in [0.25, 0.3) is 0 Å². The van der Waals surface area contributed by atoms with Crippen molar-refractivity contribution in [2.75, 3.05) is 13.7 Å². The zero-order valence-electron chi connectivity index (χ0n) is 8.71. The van der Waals surface area contributed by atoms with Gasteiger partial charge in [0.05, 0.1) is 7.11 Å². The maximum Gasteiger partial charge on any atom is 0.213 e. The molecule has 1 aliphatic rings. The van der Waals surface area contributed by atoms with Crippen molar-refractivity contribution in [3.8, 4) is 5.88 Å². The number of hydrogen-bond donors (Lipinski definition) is 1. The molecular weight excluding hydrogens is 176 g/mol. The molecule has 0 spiro atoms. The van der Waals surface area contributed by atoms with Crippen molar-refractivity contribution >= 4 is 0 Å². The van der Waals surface area contributed by atoms with Crippen LogP contribution < -0.4 is 10.1 Å². The number of rotatable bonds is 2. The number of aromatic nitrogens is 1. The minimum absolute atomic E-state index is 0.491. The van der Waals surface area contributed by atoms with Gasteiger partial charge in [-0.2, -0.15) is 0 Å². The summed E-state index contributed by atoms with van der Waals surface area (Å²) < 4.78 is 5.16. The molecule has 0 aliphatic carbocycles. The molecule has 0 bridgehead atoms. The molecule has 1 N–H and O–H groups in total. The molecule has 3 nitrogen and oxygen atoms in total. The third kappa shape index (κ3) is 1.87. The quantitative estimate of drug-likeness (QED) is 0.776. The van der Waals surface area contributed by atoms with Crippen molar-refractivity contribution in [3.63, 3.8) is 0 Å². The second-order valence-electron chi connectivity index (χ2n) is 3.73. The van der Waals surface area contributed by atoms with Crippen LogP contribution in [-0.4, -0.2) is 18.6 Å². The molecule has 76 valence electrons. The minimum atomic E-state index is 0.491. The van der Waals surface area contributed by atoms with Crippen LogP contribution >= 0.6 is 0 Å². The highest BCUT2D eigenvalue weighted by molar-refractivity contribution is 5.27. The van der Waals surface area contributed by atoms with Gasteiger partial charge in [0.1, 0.15) is 0 Å². The fourth-order valence-corrected chi connectivity index (χ4v) is 1.94. The van der Waals surface area contributed by atoms with Gasteiger partial charge in [0.2, 0.25) is 5.88 Å². The van der Waals surface area contributed by atoms with Gasteiger partial charge < -0.3 is 10.1 Å². The van der Waals surface area contributed by atoms with E-state index in [2.05, 4.69) is 16.4 Å². The Kier molecular flexibility index (Phi) is 2.68. The van der Waals surface area contributed by atoms with Gasteiger partial charge in [-0.25, -0.2) is 4.98 Å². The fraction of sp³-hybridized carbons (Fsp3) is 0.545. The molecule has 1 aromatic rings. The second-order valence-corrected chi connectivity index (χ2v) is 3.73. The monoisotopic (exact) mass is 192 g/mol. The van der Waals surface area contributed by atoms with E-state index in [1.807, 2.05) is 13.0 Å². The van der Waals surface area contributed by atoms with Gasteiger partial charge >= 0.3 is 0 Å². The van der Waals surface area contributed by atoms with Crippen LogP contribution in [0.5, 0.6) is 5.88 Å². The number of nitrogens with zero attached hydrogens (tertiary/aromatic N) is 1. The van der Waals surface area contributed by atoms with Crippen molar-refractivity contribution in [1.82, 2.24) is 10.3 Å². The number of nitrogens with one attached hydrogen (secondary N) is 1.